The Morgan fingerprint density at radius 1 is 0.913 bits per heavy atom. The number of unbranched alkanes of at least 4 members (excludes halogenated alkanes) is 2. The number of nitrogens with one attached hydrogen (secondary N) is 2. The molecule has 3 N–H and O–H groups in total. The number of carboxylic acid groups (broad SMARTS) is 1. The van der Waals surface area contributed by atoms with Crippen LogP contribution in [0.5, 0.6) is 23.0 Å². The molecule has 13 heteroatoms. The van der Waals surface area contributed by atoms with Crippen molar-refractivity contribution in [2.24, 2.45) is 5.41 Å². The van der Waals surface area contributed by atoms with Crippen molar-refractivity contribution in [1.82, 2.24) is 4.98 Å². The number of anilines is 2. The zero-order valence-electron chi connectivity index (χ0n) is 24.4. The van der Waals surface area contributed by atoms with Crippen molar-refractivity contribution in [3.63, 3.8) is 0 Å². The van der Waals surface area contributed by atoms with Gasteiger partial charge in [0.2, 0.25) is 11.8 Å². The molecular formula is C33H32ClFKN3O7. The first-order valence-electron chi connectivity index (χ1n) is 14.4. The molecule has 0 atom stereocenters. The molecule has 0 spiro atoms. The number of carboxylic acids is 1. The van der Waals surface area contributed by atoms with Gasteiger partial charge in [-0.05, 0) is 74.6 Å². The molecule has 1 heterocycles. The summed E-state index contributed by atoms with van der Waals surface area (Å²) in [5.41, 5.74) is -0.0534. The second-order valence-electron chi connectivity index (χ2n) is 10.6. The Labute approximate surface area is 312 Å². The number of rotatable bonds is 14. The van der Waals surface area contributed by atoms with Gasteiger partial charge in [0.05, 0.1) is 19.2 Å². The van der Waals surface area contributed by atoms with Gasteiger partial charge in [-0.25, -0.2) is 4.39 Å². The topological polar surface area (TPSA) is 136 Å². The van der Waals surface area contributed by atoms with Gasteiger partial charge in [0.15, 0.2) is 23.1 Å². The monoisotopic (exact) mass is 675 g/mol. The average Bonchev–Trinajstić information content (AvgIpc) is 3.82. The van der Waals surface area contributed by atoms with Crippen molar-refractivity contribution < 1.29 is 38.1 Å². The molecule has 1 aliphatic carbocycles. The van der Waals surface area contributed by atoms with E-state index in [4.69, 9.17) is 30.9 Å². The molecule has 0 saturated heterocycles. The Hall–Kier alpha value is -3.26. The van der Waals surface area contributed by atoms with Gasteiger partial charge < -0.3 is 30.0 Å². The first kappa shape index (κ1) is 35.6. The average molecular weight is 676 g/mol. The van der Waals surface area contributed by atoms with Crippen LogP contribution in [-0.4, -0.2) is 93.0 Å². The van der Waals surface area contributed by atoms with Crippen LogP contribution in [0.4, 0.5) is 15.8 Å². The molecule has 1 aromatic heterocycles. The Morgan fingerprint density at radius 3 is 2.30 bits per heavy atom. The van der Waals surface area contributed by atoms with Crippen molar-refractivity contribution in [1.29, 1.82) is 0 Å². The first-order valence-corrected chi connectivity index (χ1v) is 14.7. The van der Waals surface area contributed by atoms with E-state index in [1.165, 1.54) is 25.4 Å². The Morgan fingerprint density at radius 2 is 1.65 bits per heavy atom. The van der Waals surface area contributed by atoms with E-state index >= 15 is 4.39 Å². The first-order chi connectivity index (χ1) is 21.7. The number of ether oxygens (including phenoxy) is 3. The molecule has 0 aliphatic heterocycles. The van der Waals surface area contributed by atoms with E-state index in [2.05, 4.69) is 15.6 Å². The zero-order valence-corrected chi connectivity index (χ0v) is 25.2. The van der Waals surface area contributed by atoms with Crippen molar-refractivity contribution in [2.45, 2.75) is 38.5 Å². The number of methoxy groups -OCH3 is 1. The molecule has 0 bridgehead atoms. The van der Waals surface area contributed by atoms with Gasteiger partial charge in [-0.3, -0.25) is 19.4 Å². The number of halogens is 2. The molecule has 3 aromatic carbocycles. The van der Waals surface area contributed by atoms with Gasteiger partial charge in [-0.15, -0.1) is 0 Å². The van der Waals surface area contributed by atoms with Crippen LogP contribution in [0.2, 0.25) is 5.02 Å². The molecule has 1 fully saturated rings. The maximum absolute atomic E-state index is 15.2. The number of pyridine rings is 1. The zero-order chi connectivity index (χ0) is 32.0. The summed E-state index contributed by atoms with van der Waals surface area (Å²) < 4.78 is 32.5. The van der Waals surface area contributed by atoms with E-state index in [1.807, 2.05) is 0 Å². The standard InChI is InChI=1S/C33H31ClFN3O7.K.H/c1-43-28-18-23-25(19-29(28)44-15-4-2-3-8-30(39)40)36-14-11-26(23)45-27-10-9-22(17-24(27)35)38-32(42)33(12-13-33)31(41)37-21-7-5-6-20(34)16-21;;/h5-7,9-11,14,16-19H,2-4,8,12-13,15H2,1H3,(H,37,41)(H,38,42)(H,39,40);;. The summed E-state index contributed by atoms with van der Waals surface area (Å²) in [5.74, 6) is -1.39. The molecule has 1 aliphatic rings. The normalized spacial score (nSPS) is 12.8. The van der Waals surface area contributed by atoms with Crippen molar-refractivity contribution >= 4 is 103 Å². The molecule has 46 heavy (non-hydrogen) atoms. The van der Waals surface area contributed by atoms with Gasteiger partial charge >= 0.3 is 57.4 Å². The number of benzene rings is 3. The van der Waals surface area contributed by atoms with Crippen LogP contribution in [0.1, 0.15) is 38.5 Å². The fourth-order valence-corrected chi connectivity index (χ4v) is 4.95. The fraction of sp³-hybridized carbons (Fsp3) is 0.273. The summed E-state index contributed by atoms with van der Waals surface area (Å²) >= 11 is 5.99. The van der Waals surface area contributed by atoms with Gasteiger partial charge in [0.25, 0.3) is 0 Å². The molecule has 1 saturated carbocycles. The number of fused-ring (bicyclic) bond motifs is 1. The SMILES string of the molecule is COc1cc2c(Oc3ccc(NC(=O)C4(C(=O)Nc5cccc(Cl)c5)CC4)cc3F)ccnc2cc1OCCCCCC(=O)O.[KH]. The summed E-state index contributed by atoms with van der Waals surface area (Å²) in [5, 5.41) is 15.2. The van der Waals surface area contributed by atoms with E-state index in [0.29, 0.717) is 77.6 Å². The molecule has 5 rings (SSSR count). The number of aliphatic carboxylic acids is 1. The van der Waals surface area contributed by atoms with Gasteiger partial charge in [-0.1, -0.05) is 17.7 Å². The van der Waals surface area contributed by atoms with Crippen LogP contribution in [0.25, 0.3) is 10.9 Å². The second kappa shape index (κ2) is 16.0. The van der Waals surface area contributed by atoms with Gasteiger partial charge in [0, 0.05) is 46.5 Å². The van der Waals surface area contributed by atoms with Crippen LogP contribution < -0.4 is 24.8 Å². The van der Waals surface area contributed by atoms with E-state index in [9.17, 15) is 14.4 Å². The maximum atomic E-state index is 15.2. The summed E-state index contributed by atoms with van der Waals surface area (Å²) in [6.45, 7) is 0.374. The molecular weight excluding hydrogens is 644 g/mol. The third-order valence-electron chi connectivity index (χ3n) is 7.39. The number of hydrogen-bond donors (Lipinski definition) is 3. The summed E-state index contributed by atoms with van der Waals surface area (Å²) in [6, 6.07) is 15.6. The third kappa shape index (κ3) is 8.75. The predicted molar refractivity (Wildman–Crippen MR) is 174 cm³/mol. The van der Waals surface area contributed by atoms with Crippen molar-refractivity contribution in [3.05, 3.63) is 77.7 Å². The van der Waals surface area contributed by atoms with Crippen LogP contribution in [0.3, 0.4) is 0 Å². The van der Waals surface area contributed by atoms with E-state index in [0.717, 1.165) is 6.07 Å². The van der Waals surface area contributed by atoms with E-state index < -0.39 is 29.0 Å². The predicted octanol–water partition coefficient (Wildman–Crippen LogP) is 6.56. The van der Waals surface area contributed by atoms with Crippen LogP contribution in [0, 0.1) is 11.2 Å². The number of carbonyl (C=O) groups is 3. The van der Waals surface area contributed by atoms with Gasteiger partial charge in [0.1, 0.15) is 11.2 Å². The van der Waals surface area contributed by atoms with E-state index in [1.54, 1.807) is 42.5 Å². The number of amides is 2. The fourth-order valence-electron chi connectivity index (χ4n) is 4.76. The van der Waals surface area contributed by atoms with E-state index in [-0.39, 0.29) is 69.2 Å². The number of aromatic nitrogens is 1. The number of carbonyl (C=O) groups excluding carboxylic acids is 2. The molecule has 10 nitrogen and oxygen atoms in total. The van der Waals surface area contributed by atoms with Crippen LogP contribution in [0.15, 0.2) is 66.9 Å². The van der Waals surface area contributed by atoms with Crippen LogP contribution >= 0.6 is 11.6 Å². The summed E-state index contributed by atoms with van der Waals surface area (Å²) in [4.78, 5) is 41.0. The number of nitrogens with zero attached hydrogens (tertiary/aromatic N) is 1. The number of hydrogen-bond acceptors (Lipinski definition) is 7. The van der Waals surface area contributed by atoms with Crippen molar-refractivity contribution in [2.75, 3.05) is 24.4 Å². The third-order valence-corrected chi connectivity index (χ3v) is 7.63. The molecule has 4 aromatic rings. The molecule has 0 unspecified atom stereocenters. The summed E-state index contributed by atoms with van der Waals surface area (Å²) in [6.07, 6.45) is 4.35. The quantitative estimate of drug-likeness (QED) is 0.0777. The second-order valence-corrected chi connectivity index (χ2v) is 11.1. The Bertz CT molecular complexity index is 1750. The molecule has 2 amide bonds. The van der Waals surface area contributed by atoms with Crippen LogP contribution in [-0.2, 0) is 14.4 Å². The minimum atomic E-state index is -1.24. The Balaban J connectivity index is 0.00000480. The van der Waals surface area contributed by atoms with Crippen molar-refractivity contribution in [3.8, 4) is 23.0 Å². The van der Waals surface area contributed by atoms with Gasteiger partial charge in [-0.2, -0.15) is 0 Å². The Kier molecular flexibility index (Phi) is 12.4. The minimum absolute atomic E-state index is 0. The molecule has 236 valence electrons. The molecule has 0 radical (unpaired) electrons. The summed E-state index contributed by atoms with van der Waals surface area (Å²) in [7, 11) is 1.50.